The van der Waals surface area contributed by atoms with Gasteiger partial charge in [-0.15, -0.1) is 0 Å². The standard InChI is InChI=1S/C28H26N2O8S/c31-26(12-10-20-9-11-24-25(17-20)37-19-36-24)38-27(21-5-2-1-3-6-21)28(32)29-22-7-4-8-23(18-22)39(33,34)30-13-15-35-16-14-30/h1-12,17-18,27H,13-16,19H2,(H,29,32)/b12-10+/t27-/m1/s1. The fraction of sp³-hybridized carbons (Fsp3) is 0.214. The molecule has 0 unspecified atom stereocenters. The summed E-state index contributed by atoms with van der Waals surface area (Å²) in [6.45, 7) is 1.29. The molecule has 10 nitrogen and oxygen atoms in total. The molecule has 1 atom stereocenters. The zero-order valence-electron chi connectivity index (χ0n) is 20.8. The summed E-state index contributed by atoms with van der Waals surface area (Å²) in [6.07, 6.45) is 1.49. The number of carbonyl (C=O) groups excluding carboxylic acids is 2. The fourth-order valence-electron chi connectivity index (χ4n) is 4.12. The van der Waals surface area contributed by atoms with Crippen LogP contribution in [0.5, 0.6) is 11.5 Å². The Morgan fingerprint density at radius 2 is 1.69 bits per heavy atom. The maximum Gasteiger partial charge on any atom is 0.331 e. The van der Waals surface area contributed by atoms with Crippen molar-refractivity contribution in [3.63, 3.8) is 0 Å². The fourth-order valence-corrected chi connectivity index (χ4v) is 5.57. The molecule has 5 rings (SSSR count). The molecule has 202 valence electrons. The quantitative estimate of drug-likeness (QED) is 0.335. The minimum absolute atomic E-state index is 0.0436. The lowest BCUT2D eigenvalue weighted by Gasteiger charge is -2.26. The molecule has 3 aromatic carbocycles. The third-order valence-corrected chi connectivity index (χ3v) is 7.99. The number of carbonyl (C=O) groups is 2. The number of hydrogen-bond acceptors (Lipinski definition) is 8. The van der Waals surface area contributed by atoms with Gasteiger partial charge in [0.15, 0.2) is 11.5 Å². The van der Waals surface area contributed by atoms with Gasteiger partial charge in [-0.3, -0.25) is 4.79 Å². The Morgan fingerprint density at radius 3 is 2.49 bits per heavy atom. The van der Waals surface area contributed by atoms with Crippen molar-refractivity contribution in [2.24, 2.45) is 0 Å². The summed E-state index contributed by atoms with van der Waals surface area (Å²) in [7, 11) is -3.76. The summed E-state index contributed by atoms with van der Waals surface area (Å²) >= 11 is 0. The van der Waals surface area contributed by atoms with E-state index in [1.807, 2.05) is 0 Å². The molecule has 0 saturated carbocycles. The van der Waals surface area contributed by atoms with E-state index in [1.54, 1.807) is 66.7 Å². The number of anilines is 1. The number of ether oxygens (including phenoxy) is 4. The van der Waals surface area contributed by atoms with Gasteiger partial charge in [-0.2, -0.15) is 4.31 Å². The van der Waals surface area contributed by atoms with Crippen molar-refractivity contribution < 1.29 is 37.0 Å². The molecule has 1 N–H and O–H groups in total. The number of amides is 1. The second-order valence-corrected chi connectivity index (χ2v) is 10.6. The topological polar surface area (TPSA) is 120 Å². The van der Waals surface area contributed by atoms with Gasteiger partial charge in [-0.05, 0) is 42.0 Å². The lowest BCUT2D eigenvalue weighted by atomic mass is 10.1. The van der Waals surface area contributed by atoms with Crippen molar-refractivity contribution in [1.82, 2.24) is 4.31 Å². The Labute approximate surface area is 225 Å². The van der Waals surface area contributed by atoms with Gasteiger partial charge in [0, 0.05) is 30.4 Å². The molecule has 1 saturated heterocycles. The lowest BCUT2D eigenvalue weighted by Crippen LogP contribution is -2.40. The Balaban J connectivity index is 1.31. The van der Waals surface area contributed by atoms with Gasteiger partial charge in [0.2, 0.25) is 22.9 Å². The monoisotopic (exact) mass is 550 g/mol. The zero-order chi connectivity index (χ0) is 27.2. The molecule has 39 heavy (non-hydrogen) atoms. The smallest absolute Gasteiger partial charge is 0.331 e. The largest absolute Gasteiger partial charge is 0.454 e. The maximum absolute atomic E-state index is 13.3. The Bertz CT molecular complexity index is 1480. The zero-order valence-corrected chi connectivity index (χ0v) is 21.6. The molecular weight excluding hydrogens is 524 g/mol. The van der Waals surface area contributed by atoms with Gasteiger partial charge < -0.3 is 24.3 Å². The molecule has 3 aromatic rings. The van der Waals surface area contributed by atoms with E-state index in [9.17, 15) is 18.0 Å². The van der Waals surface area contributed by atoms with Crippen LogP contribution in [0.15, 0.2) is 83.8 Å². The van der Waals surface area contributed by atoms with E-state index in [-0.39, 0.29) is 30.5 Å². The summed E-state index contributed by atoms with van der Waals surface area (Å²) in [4.78, 5) is 26.0. The second-order valence-electron chi connectivity index (χ2n) is 8.71. The first kappa shape index (κ1) is 26.4. The van der Waals surface area contributed by atoms with Gasteiger partial charge in [-0.1, -0.05) is 42.5 Å². The molecule has 0 bridgehead atoms. The number of nitrogens with zero attached hydrogens (tertiary/aromatic N) is 1. The molecule has 1 fully saturated rings. The van der Waals surface area contributed by atoms with Gasteiger partial charge in [-0.25, -0.2) is 13.2 Å². The van der Waals surface area contributed by atoms with Gasteiger partial charge in [0.1, 0.15) is 0 Å². The van der Waals surface area contributed by atoms with E-state index in [1.165, 1.54) is 22.5 Å². The third-order valence-electron chi connectivity index (χ3n) is 6.09. The highest BCUT2D eigenvalue weighted by atomic mass is 32.2. The van der Waals surface area contributed by atoms with Crippen LogP contribution in [0, 0.1) is 0 Å². The number of rotatable bonds is 8. The van der Waals surface area contributed by atoms with E-state index in [4.69, 9.17) is 18.9 Å². The van der Waals surface area contributed by atoms with Gasteiger partial charge in [0.25, 0.3) is 5.91 Å². The van der Waals surface area contributed by atoms with Crippen LogP contribution < -0.4 is 14.8 Å². The molecule has 0 spiro atoms. The van der Waals surface area contributed by atoms with E-state index < -0.39 is 28.0 Å². The van der Waals surface area contributed by atoms with Crippen molar-refractivity contribution in [2.75, 3.05) is 38.4 Å². The van der Waals surface area contributed by atoms with Crippen LogP contribution in [0.1, 0.15) is 17.2 Å². The number of nitrogens with one attached hydrogen (secondary N) is 1. The number of hydrogen-bond donors (Lipinski definition) is 1. The summed E-state index contributed by atoms with van der Waals surface area (Å²) in [5, 5.41) is 2.68. The SMILES string of the molecule is O=C(/C=C/c1ccc2c(c1)OCO2)O[C@@H](C(=O)Nc1cccc(S(=O)(=O)N2CCOCC2)c1)c1ccccc1. The number of benzene rings is 3. The highest BCUT2D eigenvalue weighted by Gasteiger charge is 2.28. The van der Waals surface area contributed by atoms with Crippen molar-refractivity contribution in [2.45, 2.75) is 11.0 Å². The molecule has 2 aliphatic rings. The number of fused-ring (bicyclic) bond motifs is 1. The Kier molecular flexibility index (Phi) is 7.92. The normalized spacial score (nSPS) is 16.1. The van der Waals surface area contributed by atoms with E-state index in [2.05, 4.69) is 5.32 Å². The predicted molar refractivity (Wildman–Crippen MR) is 142 cm³/mol. The average Bonchev–Trinajstić information content (AvgIpc) is 3.44. The summed E-state index contributed by atoms with van der Waals surface area (Å²) < 4.78 is 48.9. The molecular formula is C28H26N2O8S. The van der Waals surface area contributed by atoms with Crippen LogP contribution in [0.25, 0.3) is 6.08 Å². The highest BCUT2D eigenvalue weighted by molar-refractivity contribution is 7.89. The Morgan fingerprint density at radius 1 is 0.923 bits per heavy atom. The molecule has 1 amide bonds. The number of morpholine rings is 1. The summed E-state index contributed by atoms with van der Waals surface area (Å²) in [6, 6.07) is 19.7. The van der Waals surface area contributed by atoms with Gasteiger partial charge >= 0.3 is 5.97 Å². The first-order valence-electron chi connectivity index (χ1n) is 12.2. The van der Waals surface area contributed by atoms with E-state index >= 15 is 0 Å². The van der Waals surface area contributed by atoms with Gasteiger partial charge in [0.05, 0.1) is 18.1 Å². The van der Waals surface area contributed by atoms with Crippen molar-refractivity contribution in [3.05, 3.63) is 90.0 Å². The second kappa shape index (κ2) is 11.7. The Hall–Kier alpha value is -4.19. The number of esters is 1. The van der Waals surface area contributed by atoms with Crippen LogP contribution in [-0.2, 0) is 29.1 Å². The molecule has 2 aliphatic heterocycles. The van der Waals surface area contributed by atoms with Crippen molar-refractivity contribution in [3.8, 4) is 11.5 Å². The van der Waals surface area contributed by atoms with Crippen LogP contribution in [0.2, 0.25) is 0 Å². The minimum Gasteiger partial charge on any atom is -0.454 e. The predicted octanol–water partition coefficient (Wildman–Crippen LogP) is 3.37. The molecule has 0 aromatic heterocycles. The first-order chi connectivity index (χ1) is 18.9. The average molecular weight is 551 g/mol. The van der Waals surface area contributed by atoms with Crippen molar-refractivity contribution >= 4 is 33.7 Å². The van der Waals surface area contributed by atoms with E-state index in [0.29, 0.717) is 35.8 Å². The van der Waals surface area contributed by atoms with Crippen molar-refractivity contribution in [1.29, 1.82) is 0 Å². The first-order valence-corrected chi connectivity index (χ1v) is 13.7. The highest BCUT2D eigenvalue weighted by Crippen LogP contribution is 2.33. The summed E-state index contributed by atoms with van der Waals surface area (Å²) in [5.41, 5.74) is 1.40. The van der Waals surface area contributed by atoms with Crippen LogP contribution in [-0.4, -0.2) is 57.7 Å². The van der Waals surface area contributed by atoms with E-state index in [0.717, 1.165) is 0 Å². The van der Waals surface area contributed by atoms with Crippen LogP contribution >= 0.6 is 0 Å². The molecule has 11 heteroatoms. The minimum atomic E-state index is -3.76. The maximum atomic E-state index is 13.3. The summed E-state index contributed by atoms with van der Waals surface area (Å²) in [5.74, 6) is -0.172. The van der Waals surface area contributed by atoms with Crippen LogP contribution in [0.4, 0.5) is 5.69 Å². The molecule has 2 heterocycles. The number of sulfonamides is 1. The lowest BCUT2D eigenvalue weighted by molar-refractivity contribution is -0.149. The van der Waals surface area contributed by atoms with Crippen LogP contribution in [0.3, 0.4) is 0 Å². The third kappa shape index (κ3) is 6.28. The molecule has 0 radical (unpaired) electrons. The molecule has 0 aliphatic carbocycles.